The normalized spacial score (nSPS) is 12.1. The van der Waals surface area contributed by atoms with Crippen LogP contribution in [0.1, 0.15) is 30.7 Å². The highest BCUT2D eigenvalue weighted by atomic mass is 32.1. The molecule has 0 saturated carbocycles. The van der Waals surface area contributed by atoms with E-state index in [1.807, 2.05) is 13.8 Å². The number of nitrogens with two attached hydrogens (primary N) is 1. The number of hydrogen-bond donors (Lipinski definition) is 1. The van der Waals surface area contributed by atoms with Crippen LogP contribution in [0.5, 0.6) is 0 Å². The molecule has 0 fully saturated rings. The molecule has 0 unspecified atom stereocenters. The van der Waals surface area contributed by atoms with E-state index in [-0.39, 0.29) is 23.7 Å². The Labute approximate surface area is 119 Å². The van der Waals surface area contributed by atoms with Crippen molar-refractivity contribution in [3.05, 3.63) is 20.8 Å². The average molecular weight is 292 g/mol. The van der Waals surface area contributed by atoms with Crippen LogP contribution in [0, 0.1) is 13.8 Å². The number of nitrogen functional groups attached to an aromatic ring is 1. The summed E-state index contributed by atoms with van der Waals surface area (Å²) < 4.78 is 1.07. The summed E-state index contributed by atoms with van der Waals surface area (Å²) >= 11 is 1.44. The predicted octanol–water partition coefficient (Wildman–Crippen LogP) is 1.86. The van der Waals surface area contributed by atoms with Gasteiger partial charge in [-0.1, -0.05) is 0 Å². The van der Waals surface area contributed by atoms with Gasteiger partial charge in [-0.05, 0) is 33.3 Å². The van der Waals surface area contributed by atoms with Crippen LogP contribution >= 0.6 is 11.3 Å². The molecule has 0 aromatic carbocycles. The number of aromatic nitrogens is 2. The second kappa shape index (κ2) is 5.16. The first-order valence-corrected chi connectivity index (χ1v) is 6.95. The van der Waals surface area contributed by atoms with E-state index in [9.17, 15) is 9.59 Å². The summed E-state index contributed by atoms with van der Waals surface area (Å²) in [6, 6.07) is 0. The number of aryl methyl sites for hydroxylation is 2. The molecule has 0 saturated heterocycles. The molecule has 2 aromatic rings. The summed E-state index contributed by atoms with van der Waals surface area (Å²) in [6.07, 6.45) is 0.186. The molecule has 0 aliphatic carbocycles. The van der Waals surface area contributed by atoms with Crippen LogP contribution in [0.25, 0.3) is 10.2 Å². The maximum Gasteiger partial charge on any atom is 0.284 e. The van der Waals surface area contributed by atoms with Crippen LogP contribution in [0.4, 0.5) is 5.95 Å². The maximum absolute atomic E-state index is 12.5. The smallest absolute Gasteiger partial charge is 0.284 e. The molecule has 20 heavy (non-hydrogen) atoms. The van der Waals surface area contributed by atoms with Crippen molar-refractivity contribution < 1.29 is 4.79 Å². The zero-order chi connectivity index (χ0) is 15.0. The summed E-state index contributed by atoms with van der Waals surface area (Å²) in [5.74, 6) is 0.0149. The third-order valence-corrected chi connectivity index (χ3v) is 4.08. The summed E-state index contributed by atoms with van der Waals surface area (Å²) in [5.41, 5.74) is 6.92. The molecule has 6 nitrogen and oxygen atoms in total. The topological polar surface area (TPSA) is 90.3 Å². The van der Waals surface area contributed by atoms with Gasteiger partial charge in [-0.2, -0.15) is 9.78 Å². The first kappa shape index (κ1) is 14.4. The number of ketones is 1. The highest BCUT2D eigenvalue weighted by molar-refractivity contribution is 7.18. The highest BCUT2D eigenvalue weighted by Gasteiger charge is 2.15. The van der Waals surface area contributed by atoms with Crippen molar-refractivity contribution >= 4 is 39.0 Å². The van der Waals surface area contributed by atoms with E-state index < -0.39 is 0 Å². The molecule has 2 aromatic heterocycles. The van der Waals surface area contributed by atoms with Crippen LogP contribution in [0.3, 0.4) is 0 Å². The van der Waals surface area contributed by atoms with Crippen molar-refractivity contribution in [2.75, 3.05) is 5.73 Å². The third kappa shape index (κ3) is 2.49. The van der Waals surface area contributed by atoms with Crippen molar-refractivity contribution in [3.63, 3.8) is 0 Å². The minimum atomic E-state index is -0.294. The van der Waals surface area contributed by atoms with Gasteiger partial charge in [0.05, 0.1) is 5.39 Å². The minimum Gasteiger partial charge on any atom is -0.368 e. The van der Waals surface area contributed by atoms with Gasteiger partial charge >= 0.3 is 0 Å². The lowest BCUT2D eigenvalue weighted by Crippen LogP contribution is -2.22. The second-order valence-electron chi connectivity index (χ2n) is 4.76. The number of fused-ring (bicyclic) bond motifs is 1. The van der Waals surface area contributed by atoms with Gasteiger partial charge in [-0.3, -0.25) is 9.59 Å². The molecule has 0 spiro atoms. The van der Waals surface area contributed by atoms with Crippen molar-refractivity contribution in [2.45, 2.75) is 34.1 Å². The summed E-state index contributed by atoms with van der Waals surface area (Å²) in [5, 5.41) is 4.66. The van der Waals surface area contributed by atoms with Crippen LogP contribution in [0.2, 0.25) is 0 Å². The fourth-order valence-corrected chi connectivity index (χ4v) is 2.99. The molecule has 0 bridgehead atoms. The number of carbonyl (C=O) groups is 1. The number of Topliss-reactive ketones (excluding diaryl/α,β-unsaturated/α-hetero) is 1. The quantitative estimate of drug-likeness (QED) is 0.874. The van der Waals surface area contributed by atoms with E-state index in [0.717, 1.165) is 15.1 Å². The number of rotatable bonds is 3. The van der Waals surface area contributed by atoms with Crippen molar-refractivity contribution in [2.24, 2.45) is 5.10 Å². The molecule has 2 N–H and O–H groups in total. The molecule has 0 aliphatic rings. The monoisotopic (exact) mass is 292 g/mol. The Balaban J connectivity index is 2.68. The maximum atomic E-state index is 12.5. The third-order valence-electron chi connectivity index (χ3n) is 2.98. The van der Waals surface area contributed by atoms with Crippen LogP contribution in [-0.4, -0.2) is 21.2 Å². The molecular formula is C13H16N4O2S. The van der Waals surface area contributed by atoms with Gasteiger partial charge in [-0.15, -0.1) is 11.3 Å². The van der Waals surface area contributed by atoms with Crippen LogP contribution in [-0.2, 0) is 4.79 Å². The first-order valence-electron chi connectivity index (χ1n) is 6.13. The predicted molar refractivity (Wildman–Crippen MR) is 81.6 cm³/mol. The zero-order valence-corrected chi connectivity index (χ0v) is 12.7. The second-order valence-corrected chi connectivity index (χ2v) is 5.97. The molecular weight excluding hydrogens is 276 g/mol. The lowest BCUT2D eigenvalue weighted by atomic mass is 10.2. The van der Waals surface area contributed by atoms with Gasteiger partial charge in [-0.25, -0.2) is 4.98 Å². The Kier molecular flexibility index (Phi) is 3.71. The van der Waals surface area contributed by atoms with Crippen molar-refractivity contribution in [1.29, 1.82) is 0 Å². The lowest BCUT2D eigenvalue weighted by molar-refractivity contribution is -0.115. The highest BCUT2D eigenvalue weighted by Crippen LogP contribution is 2.26. The summed E-state index contributed by atoms with van der Waals surface area (Å²) in [6.45, 7) is 6.97. The van der Waals surface area contributed by atoms with E-state index in [1.165, 1.54) is 18.3 Å². The number of carbonyl (C=O) groups excluding carboxylic acids is 1. The standard InChI is InChI=1S/C13H16N4O2S/c1-6(5-7(2)18)16-17-12(19)10-8(3)9(4)20-11(10)15-13(17)14/h5H2,1-4H3,(H2,14,15)/b16-6+. The number of hydrogen-bond acceptors (Lipinski definition) is 6. The Morgan fingerprint density at radius 3 is 2.65 bits per heavy atom. The number of nitrogens with zero attached hydrogens (tertiary/aromatic N) is 3. The van der Waals surface area contributed by atoms with Crippen molar-refractivity contribution in [3.8, 4) is 0 Å². The van der Waals surface area contributed by atoms with Gasteiger partial charge in [0, 0.05) is 17.0 Å². The molecule has 106 valence electrons. The fraction of sp³-hybridized carbons (Fsp3) is 0.385. The Bertz CT molecular complexity index is 786. The van der Waals surface area contributed by atoms with Gasteiger partial charge in [0.15, 0.2) is 0 Å². The van der Waals surface area contributed by atoms with E-state index in [0.29, 0.717) is 15.9 Å². The molecule has 0 amide bonds. The molecule has 0 aliphatic heterocycles. The van der Waals surface area contributed by atoms with E-state index in [2.05, 4.69) is 10.1 Å². The first-order chi connectivity index (χ1) is 9.31. The van der Waals surface area contributed by atoms with E-state index in [4.69, 9.17) is 5.73 Å². The SMILES string of the molecule is CC(=O)C/C(C)=N/n1c(N)nc2sc(C)c(C)c2c1=O. The fourth-order valence-electron chi connectivity index (χ4n) is 1.96. The van der Waals surface area contributed by atoms with E-state index >= 15 is 0 Å². The van der Waals surface area contributed by atoms with Gasteiger partial charge in [0.2, 0.25) is 5.95 Å². The number of thiophene rings is 1. The van der Waals surface area contributed by atoms with Crippen molar-refractivity contribution in [1.82, 2.24) is 9.66 Å². The molecule has 2 rings (SSSR count). The number of anilines is 1. The van der Waals surface area contributed by atoms with Gasteiger partial charge in [0.25, 0.3) is 5.56 Å². The Hall–Kier alpha value is -2.02. The Morgan fingerprint density at radius 2 is 2.05 bits per heavy atom. The largest absolute Gasteiger partial charge is 0.368 e. The molecule has 0 atom stereocenters. The molecule has 0 radical (unpaired) electrons. The Morgan fingerprint density at radius 1 is 1.40 bits per heavy atom. The average Bonchev–Trinajstić information content (AvgIpc) is 2.59. The van der Waals surface area contributed by atoms with Gasteiger partial charge < -0.3 is 5.73 Å². The molecule has 7 heteroatoms. The van der Waals surface area contributed by atoms with E-state index in [1.54, 1.807) is 6.92 Å². The molecule has 2 heterocycles. The zero-order valence-electron chi connectivity index (χ0n) is 11.9. The lowest BCUT2D eigenvalue weighted by Gasteiger charge is -2.04. The van der Waals surface area contributed by atoms with Crippen LogP contribution < -0.4 is 11.3 Å². The summed E-state index contributed by atoms with van der Waals surface area (Å²) in [4.78, 5) is 29.4. The minimum absolute atomic E-state index is 0.0190. The van der Waals surface area contributed by atoms with Crippen LogP contribution in [0.15, 0.2) is 9.90 Å². The van der Waals surface area contributed by atoms with Gasteiger partial charge in [0.1, 0.15) is 10.6 Å². The summed E-state index contributed by atoms with van der Waals surface area (Å²) in [7, 11) is 0.